The van der Waals surface area contributed by atoms with Crippen LogP contribution in [-0.2, 0) is 17.8 Å². The van der Waals surface area contributed by atoms with Crippen LogP contribution in [0.1, 0.15) is 11.1 Å². The first-order chi connectivity index (χ1) is 12.8. The average Bonchev–Trinajstić information content (AvgIpc) is 3.33. The molecular weight excluding hydrogens is 344 g/mol. The standard InChI is InChI=1S/C20H26N4OS/c1-21-20(22-11-17-7-10-26-15-17)24-13-18-19(14-24)25-9-8-23(18)12-16-5-3-2-4-6-16/h2-7,10,15,18-19H,8-9,11-14H2,1H3,(H,21,22). The number of guanidine groups is 1. The number of hydrogen-bond donors (Lipinski definition) is 1. The molecule has 2 fully saturated rings. The lowest BCUT2D eigenvalue weighted by Gasteiger charge is -2.36. The van der Waals surface area contributed by atoms with Gasteiger partial charge in [0, 0.05) is 39.8 Å². The molecule has 2 saturated heterocycles. The minimum Gasteiger partial charge on any atom is -0.373 e. The van der Waals surface area contributed by atoms with Gasteiger partial charge in [-0.1, -0.05) is 30.3 Å². The molecule has 1 N–H and O–H groups in total. The molecule has 0 radical (unpaired) electrons. The van der Waals surface area contributed by atoms with Gasteiger partial charge in [0.2, 0.25) is 0 Å². The maximum atomic E-state index is 6.08. The predicted molar refractivity (Wildman–Crippen MR) is 106 cm³/mol. The highest BCUT2D eigenvalue weighted by Crippen LogP contribution is 2.24. The van der Waals surface area contributed by atoms with Crippen molar-refractivity contribution in [2.45, 2.75) is 25.2 Å². The summed E-state index contributed by atoms with van der Waals surface area (Å²) in [4.78, 5) is 9.40. The molecule has 1 aromatic heterocycles. The zero-order valence-electron chi connectivity index (χ0n) is 15.2. The molecule has 5 nitrogen and oxygen atoms in total. The van der Waals surface area contributed by atoms with Crippen molar-refractivity contribution in [3.8, 4) is 0 Å². The van der Waals surface area contributed by atoms with E-state index in [1.807, 2.05) is 7.05 Å². The SMILES string of the molecule is CN=C(NCc1ccsc1)N1CC2OCCN(Cc3ccccc3)C2C1. The van der Waals surface area contributed by atoms with Crippen molar-refractivity contribution in [2.75, 3.05) is 33.3 Å². The van der Waals surface area contributed by atoms with E-state index >= 15 is 0 Å². The number of fused-ring (bicyclic) bond motifs is 1. The van der Waals surface area contributed by atoms with Crippen LogP contribution in [0.3, 0.4) is 0 Å². The predicted octanol–water partition coefficient (Wildman–Crippen LogP) is 2.41. The van der Waals surface area contributed by atoms with Gasteiger partial charge in [-0.25, -0.2) is 0 Å². The molecular formula is C20H26N4OS. The third-order valence-electron chi connectivity index (χ3n) is 5.19. The summed E-state index contributed by atoms with van der Waals surface area (Å²) >= 11 is 1.73. The third-order valence-corrected chi connectivity index (χ3v) is 5.92. The highest BCUT2D eigenvalue weighted by atomic mass is 32.1. The van der Waals surface area contributed by atoms with Crippen LogP contribution >= 0.6 is 11.3 Å². The minimum atomic E-state index is 0.257. The Labute approximate surface area is 159 Å². The number of thiophene rings is 1. The first kappa shape index (κ1) is 17.5. The van der Waals surface area contributed by atoms with Crippen LogP contribution in [0.2, 0.25) is 0 Å². The van der Waals surface area contributed by atoms with Gasteiger partial charge >= 0.3 is 0 Å². The molecule has 0 aliphatic carbocycles. The first-order valence-corrected chi connectivity index (χ1v) is 10.1. The lowest BCUT2D eigenvalue weighted by molar-refractivity contribution is -0.0502. The Morgan fingerprint density at radius 1 is 1.23 bits per heavy atom. The van der Waals surface area contributed by atoms with E-state index < -0.39 is 0 Å². The molecule has 0 amide bonds. The summed E-state index contributed by atoms with van der Waals surface area (Å²) in [7, 11) is 1.86. The number of morpholine rings is 1. The fourth-order valence-corrected chi connectivity index (χ4v) is 4.52. The highest BCUT2D eigenvalue weighted by molar-refractivity contribution is 7.07. The number of nitrogens with one attached hydrogen (secondary N) is 1. The van der Waals surface area contributed by atoms with Crippen molar-refractivity contribution < 1.29 is 4.74 Å². The second-order valence-corrected chi connectivity index (χ2v) is 7.65. The van der Waals surface area contributed by atoms with Crippen LogP contribution < -0.4 is 5.32 Å². The Morgan fingerprint density at radius 3 is 2.88 bits per heavy atom. The lowest BCUT2D eigenvalue weighted by atomic mass is 10.1. The molecule has 2 unspecified atom stereocenters. The summed E-state index contributed by atoms with van der Waals surface area (Å²) in [6.45, 7) is 5.46. The van der Waals surface area contributed by atoms with Crippen molar-refractivity contribution >= 4 is 17.3 Å². The quantitative estimate of drug-likeness (QED) is 0.663. The highest BCUT2D eigenvalue weighted by Gasteiger charge is 2.41. The van der Waals surface area contributed by atoms with Crippen LogP contribution in [0, 0.1) is 0 Å². The van der Waals surface area contributed by atoms with E-state index in [0.717, 1.165) is 45.3 Å². The summed E-state index contributed by atoms with van der Waals surface area (Å²) in [5.41, 5.74) is 2.67. The second-order valence-electron chi connectivity index (χ2n) is 6.87. The van der Waals surface area contributed by atoms with E-state index in [4.69, 9.17) is 4.74 Å². The Bertz CT molecular complexity index is 719. The number of benzene rings is 1. The van der Waals surface area contributed by atoms with Crippen LogP contribution in [0.4, 0.5) is 0 Å². The summed E-state index contributed by atoms with van der Waals surface area (Å²) in [6, 6.07) is 13.3. The molecule has 2 aromatic rings. The smallest absolute Gasteiger partial charge is 0.194 e. The van der Waals surface area contributed by atoms with Crippen molar-refractivity contribution in [3.05, 3.63) is 58.3 Å². The number of nitrogens with zero attached hydrogens (tertiary/aromatic N) is 3. The van der Waals surface area contributed by atoms with Gasteiger partial charge in [-0.3, -0.25) is 9.89 Å². The Morgan fingerprint density at radius 2 is 2.12 bits per heavy atom. The molecule has 0 bridgehead atoms. The van der Waals surface area contributed by atoms with Crippen molar-refractivity contribution in [3.63, 3.8) is 0 Å². The molecule has 138 valence electrons. The van der Waals surface area contributed by atoms with Gasteiger partial charge in [-0.2, -0.15) is 11.3 Å². The molecule has 4 rings (SSSR count). The van der Waals surface area contributed by atoms with Crippen LogP contribution in [-0.4, -0.2) is 61.2 Å². The Balaban J connectivity index is 1.39. The zero-order chi connectivity index (χ0) is 17.8. The number of ether oxygens (including phenoxy) is 1. The normalized spacial score (nSPS) is 23.9. The zero-order valence-corrected chi connectivity index (χ0v) is 16.0. The van der Waals surface area contributed by atoms with E-state index in [0.29, 0.717) is 6.04 Å². The monoisotopic (exact) mass is 370 g/mol. The molecule has 2 atom stereocenters. The van der Waals surface area contributed by atoms with Gasteiger partial charge in [0.25, 0.3) is 0 Å². The fourth-order valence-electron chi connectivity index (χ4n) is 3.85. The molecule has 0 saturated carbocycles. The molecule has 6 heteroatoms. The van der Waals surface area contributed by atoms with E-state index in [2.05, 4.69) is 67.3 Å². The van der Waals surface area contributed by atoms with Crippen LogP contribution in [0.25, 0.3) is 0 Å². The maximum absolute atomic E-state index is 6.08. The lowest BCUT2D eigenvalue weighted by Crippen LogP contribution is -2.50. The maximum Gasteiger partial charge on any atom is 0.194 e. The molecule has 26 heavy (non-hydrogen) atoms. The van der Waals surface area contributed by atoms with Crippen molar-refractivity contribution in [1.82, 2.24) is 15.1 Å². The summed E-state index contributed by atoms with van der Waals surface area (Å²) < 4.78 is 6.08. The Kier molecular flexibility index (Phi) is 5.53. The average molecular weight is 371 g/mol. The molecule has 2 aliphatic rings. The summed E-state index contributed by atoms with van der Waals surface area (Å²) in [6.07, 6.45) is 0.257. The van der Waals surface area contributed by atoms with Gasteiger partial charge in [0.1, 0.15) is 0 Å². The Hall–Kier alpha value is -1.89. The van der Waals surface area contributed by atoms with Gasteiger partial charge in [0.15, 0.2) is 5.96 Å². The fraction of sp³-hybridized carbons (Fsp3) is 0.450. The number of likely N-dealkylation sites (tertiary alicyclic amines) is 1. The van der Waals surface area contributed by atoms with Gasteiger partial charge in [0.05, 0.1) is 18.8 Å². The molecule has 2 aliphatic heterocycles. The van der Waals surface area contributed by atoms with E-state index in [1.165, 1.54) is 11.1 Å². The molecule has 3 heterocycles. The van der Waals surface area contributed by atoms with Gasteiger partial charge in [-0.05, 0) is 28.0 Å². The largest absolute Gasteiger partial charge is 0.373 e. The topological polar surface area (TPSA) is 40.1 Å². The summed E-state index contributed by atoms with van der Waals surface area (Å²) in [5, 5.41) is 7.78. The van der Waals surface area contributed by atoms with E-state index in [1.54, 1.807) is 11.3 Å². The minimum absolute atomic E-state index is 0.257. The van der Waals surface area contributed by atoms with Crippen LogP contribution in [0.5, 0.6) is 0 Å². The van der Waals surface area contributed by atoms with E-state index in [-0.39, 0.29) is 6.10 Å². The van der Waals surface area contributed by atoms with Crippen molar-refractivity contribution in [1.29, 1.82) is 0 Å². The van der Waals surface area contributed by atoms with Gasteiger partial charge in [-0.15, -0.1) is 0 Å². The molecule has 1 aromatic carbocycles. The van der Waals surface area contributed by atoms with Crippen LogP contribution in [0.15, 0.2) is 52.2 Å². The first-order valence-electron chi connectivity index (χ1n) is 9.20. The van der Waals surface area contributed by atoms with E-state index in [9.17, 15) is 0 Å². The van der Waals surface area contributed by atoms with Gasteiger partial charge < -0.3 is 15.0 Å². The number of rotatable bonds is 4. The third kappa shape index (κ3) is 3.92. The van der Waals surface area contributed by atoms with Crippen molar-refractivity contribution in [2.24, 2.45) is 4.99 Å². The second kappa shape index (κ2) is 8.20. The number of hydrogen-bond acceptors (Lipinski definition) is 4. The molecule has 0 spiro atoms. The summed E-state index contributed by atoms with van der Waals surface area (Å²) in [5.74, 6) is 0.967. The number of aliphatic imine (C=N–C) groups is 1.